The minimum atomic E-state index is -0.0685. The lowest BCUT2D eigenvalue weighted by atomic mass is 10.1. The SMILES string of the molecule is CCC(Oc1c(C)cccc1C)c1cccnc1Cl. The molecule has 0 fully saturated rings. The molecule has 0 saturated heterocycles. The Bertz CT molecular complexity index is 548. The van der Waals surface area contributed by atoms with Crippen molar-refractivity contribution in [3.8, 4) is 5.75 Å². The second-order valence-electron chi connectivity index (χ2n) is 4.62. The Morgan fingerprint density at radius 1 is 1.16 bits per heavy atom. The van der Waals surface area contributed by atoms with E-state index in [0.29, 0.717) is 5.15 Å². The second-order valence-corrected chi connectivity index (χ2v) is 4.98. The van der Waals surface area contributed by atoms with Crippen LogP contribution in [-0.2, 0) is 0 Å². The van der Waals surface area contributed by atoms with Crippen molar-refractivity contribution in [3.63, 3.8) is 0 Å². The first-order valence-electron chi connectivity index (χ1n) is 6.46. The van der Waals surface area contributed by atoms with Crippen LogP contribution in [0.25, 0.3) is 0 Å². The number of para-hydroxylation sites is 1. The summed E-state index contributed by atoms with van der Waals surface area (Å²) in [5.74, 6) is 0.939. The summed E-state index contributed by atoms with van der Waals surface area (Å²) < 4.78 is 6.17. The lowest BCUT2D eigenvalue weighted by Crippen LogP contribution is -2.09. The third-order valence-electron chi connectivity index (χ3n) is 3.17. The molecule has 2 nitrogen and oxygen atoms in total. The van der Waals surface area contributed by atoms with Gasteiger partial charge in [-0.25, -0.2) is 4.98 Å². The molecule has 0 radical (unpaired) electrons. The average Bonchev–Trinajstić information content (AvgIpc) is 2.40. The van der Waals surface area contributed by atoms with E-state index in [9.17, 15) is 0 Å². The highest BCUT2D eigenvalue weighted by molar-refractivity contribution is 6.30. The maximum atomic E-state index is 6.17. The van der Waals surface area contributed by atoms with Gasteiger partial charge >= 0.3 is 0 Å². The number of rotatable bonds is 4. The van der Waals surface area contributed by atoms with Crippen molar-refractivity contribution in [1.29, 1.82) is 0 Å². The zero-order valence-electron chi connectivity index (χ0n) is 11.5. The van der Waals surface area contributed by atoms with E-state index in [0.717, 1.165) is 28.9 Å². The lowest BCUT2D eigenvalue weighted by Gasteiger charge is -2.21. The monoisotopic (exact) mass is 275 g/mol. The van der Waals surface area contributed by atoms with Gasteiger partial charge in [0.1, 0.15) is 17.0 Å². The zero-order valence-corrected chi connectivity index (χ0v) is 12.2. The van der Waals surface area contributed by atoms with Crippen LogP contribution in [0.15, 0.2) is 36.5 Å². The Morgan fingerprint density at radius 3 is 2.42 bits per heavy atom. The molecule has 0 saturated carbocycles. The molecule has 0 spiro atoms. The van der Waals surface area contributed by atoms with Gasteiger partial charge in [-0.3, -0.25) is 0 Å². The van der Waals surface area contributed by atoms with E-state index in [1.807, 2.05) is 18.2 Å². The molecular weight excluding hydrogens is 258 g/mol. The maximum absolute atomic E-state index is 6.17. The Morgan fingerprint density at radius 2 is 1.84 bits per heavy atom. The normalized spacial score (nSPS) is 12.2. The zero-order chi connectivity index (χ0) is 13.8. The van der Waals surface area contributed by atoms with Gasteiger partial charge in [0.15, 0.2) is 0 Å². The van der Waals surface area contributed by atoms with Crippen LogP contribution >= 0.6 is 11.6 Å². The van der Waals surface area contributed by atoms with Gasteiger partial charge in [-0.05, 0) is 37.5 Å². The van der Waals surface area contributed by atoms with Gasteiger partial charge in [-0.2, -0.15) is 0 Å². The van der Waals surface area contributed by atoms with Crippen LogP contribution in [-0.4, -0.2) is 4.98 Å². The predicted molar refractivity (Wildman–Crippen MR) is 78.8 cm³/mol. The molecule has 2 rings (SSSR count). The number of aromatic nitrogens is 1. The Balaban J connectivity index is 2.32. The average molecular weight is 276 g/mol. The molecule has 3 heteroatoms. The van der Waals surface area contributed by atoms with Gasteiger partial charge in [-0.15, -0.1) is 0 Å². The molecule has 0 N–H and O–H groups in total. The summed E-state index contributed by atoms with van der Waals surface area (Å²) in [5, 5.41) is 0.514. The Hall–Kier alpha value is -1.54. The highest BCUT2D eigenvalue weighted by atomic mass is 35.5. The number of hydrogen-bond acceptors (Lipinski definition) is 2. The van der Waals surface area contributed by atoms with E-state index < -0.39 is 0 Å². The lowest BCUT2D eigenvalue weighted by molar-refractivity contribution is 0.198. The number of halogens is 1. The smallest absolute Gasteiger partial charge is 0.135 e. The molecule has 1 unspecified atom stereocenters. The first kappa shape index (κ1) is 13.9. The topological polar surface area (TPSA) is 22.1 Å². The second kappa shape index (κ2) is 6.07. The van der Waals surface area contributed by atoms with Crippen molar-refractivity contribution >= 4 is 11.6 Å². The summed E-state index contributed by atoms with van der Waals surface area (Å²) in [6, 6.07) is 10.0. The first-order valence-corrected chi connectivity index (χ1v) is 6.84. The van der Waals surface area contributed by atoms with Crippen molar-refractivity contribution in [2.45, 2.75) is 33.3 Å². The molecule has 19 heavy (non-hydrogen) atoms. The van der Waals surface area contributed by atoms with E-state index in [2.05, 4.69) is 37.9 Å². The van der Waals surface area contributed by atoms with Crippen molar-refractivity contribution < 1.29 is 4.74 Å². The first-order chi connectivity index (χ1) is 9.13. The predicted octanol–water partition coefficient (Wildman–Crippen LogP) is 4.88. The van der Waals surface area contributed by atoms with Crippen LogP contribution in [0.2, 0.25) is 5.15 Å². The quantitative estimate of drug-likeness (QED) is 0.742. The molecule has 1 atom stereocenters. The highest BCUT2D eigenvalue weighted by Crippen LogP contribution is 2.32. The molecule has 1 heterocycles. The van der Waals surface area contributed by atoms with Crippen LogP contribution in [0.4, 0.5) is 0 Å². The number of hydrogen-bond donors (Lipinski definition) is 0. The third-order valence-corrected chi connectivity index (χ3v) is 3.49. The Labute approximate surface area is 119 Å². The standard InChI is InChI=1S/C16H18ClNO/c1-4-14(13-9-6-10-18-16(13)17)19-15-11(2)7-5-8-12(15)3/h5-10,14H,4H2,1-3H3. The fourth-order valence-electron chi connectivity index (χ4n) is 2.13. The number of nitrogens with zero attached hydrogens (tertiary/aromatic N) is 1. The molecule has 0 bridgehead atoms. The van der Waals surface area contributed by atoms with Crippen molar-refractivity contribution in [2.75, 3.05) is 0 Å². The van der Waals surface area contributed by atoms with E-state index >= 15 is 0 Å². The molecule has 0 aliphatic heterocycles. The van der Waals surface area contributed by atoms with Crippen LogP contribution in [0.1, 0.15) is 36.1 Å². The minimum absolute atomic E-state index is 0.0685. The molecule has 1 aromatic carbocycles. The van der Waals surface area contributed by atoms with Gasteiger partial charge in [-0.1, -0.05) is 42.8 Å². The van der Waals surface area contributed by atoms with E-state index in [-0.39, 0.29) is 6.10 Å². The van der Waals surface area contributed by atoms with Gasteiger partial charge in [0.25, 0.3) is 0 Å². The number of pyridine rings is 1. The van der Waals surface area contributed by atoms with Crippen molar-refractivity contribution in [3.05, 3.63) is 58.4 Å². The summed E-state index contributed by atoms with van der Waals surface area (Å²) >= 11 is 6.15. The molecule has 1 aromatic heterocycles. The van der Waals surface area contributed by atoms with Crippen LogP contribution in [0, 0.1) is 13.8 Å². The summed E-state index contributed by atoms with van der Waals surface area (Å²) in [6.07, 6.45) is 2.47. The number of aryl methyl sites for hydroxylation is 2. The van der Waals surface area contributed by atoms with Gasteiger partial charge in [0, 0.05) is 11.8 Å². The summed E-state index contributed by atoms with van der Waals surface area (Å²) in [5.41, 5.74) is 3.21. The van der Waals surface area contributed by atoms with Crippen molar-refractivity contribution in [2.24, 2.45) is 0 Å². The minimum Gasteiger partial charge on any atom is -0.485 e. The van der Waals surface area contributed by atoms with Gasteiger partial charge in [0.2, 0.25) is 0 Å². The molecule has 0 aliphatic rings. The molecule has 0 amide bonds. The summed E-state index contributed by atoms with van der Waals surface area (Å²) in [4.78, 5) is 4.12. The van der Waals surface area contributed by atoms with E-state index in [4.69, 9.17) is 16.3 Å². The molecule has 0 aliphatic carbocycles. The van der Waals surface area contributed by atoms with Gasteiger partial charge in [0.05, 0.1) is 0 Å². The fourth-order valence-corrected chi connectivity index (χ4v) is 2.37. The van der Waals surface area contributed by atoms with E-state index in [1.54, 1.807) is 6.20 Å². The maximum Gasteiger partial charge on any atom is 0.135 e. The molecule has 2 aromatic rings. The molecular formula is C16H18ClNO. The summed E-state index contributed by atoms with van der Waals surface area (Å²) in [6.45, 7) is 6.20. The Kier molecular flexibility index (Phi) is 4.43. The third kappa shape index (κ3) is 3.07. The van der Waals surface area contributed by atoms with Crippen LogP contribution in [0.3, 0.4) is 0 Å². The van der Waals surface area contributed by atoms with Crippen molar-refractivity contribution in [1.82, 2.24) is 4.98 Å². The number of benzene rings is 1. The summed E-state index contributed by atoms with van der Waals surface area (Å²) in [7, 11) is 0. The van der Waals surface area contributed by atoms with Crippen LogP contribution in [0.5, 0.6) is 5.75 Å². The number of ether oxygens (including phenoxy) is 1. The highest BCUT2D eigenvalue weighted by Gasteiger charge is 2.17. The molecule has 100 valence electrons. The largest absolute Gasteiger partial charge is 0.485 e. The fraction of sp³-hybridized carbons (Fsp3) is 0.312. The van der Waals surface area contributed by atoms with Crippen LogP contribution < -0.4 is 4.74 Å². The van der Waals surface area contributed by atoms with E-state index in [1.165, 1.54) is 0 Å². The van der Waals surface area contributed by atoms with Gasteiger partial charge < -0.3 is 4.74 Å².